The summed E-state index contributed by atoms with van der Waals surface area (Å²) in [6.07, 6.45) is 3.22. The summed E-state index contributed by atoms with van der Waals surface area (Å²) in [5.41, 5.74) is 0. The van der Waals surface area contributed by atoms with Crippen molar-refractivity contribution in [2.45, 2.75) is 77.5 Å². The highest BCUT2D eigenvalue weighted by Gasteiger charge is 2.35. The zero-order valence-corrected chi connectivity index (χ0v) is 17.7. The Hall–Kier alpha value is -2.00. The molecule has 2 fully saturated rings. The lowest BCUT2D eigenvalue weighted by atomic mass is 10.0. The molecule has 2 aliphatic heterocycles. The molecule has 2 rings (SSSR count). The van der Waals surface area contributed by atoms with E-state index in [4.69, 9.17) is 4.74 Å². The zero-order valence-electron chi connectivity index (χ0n) is 17.7. The van der Waals surface area contributed by atoms with Crippen LogP contribution in [0.3, 0.4) is 0 Å². The Morgan fingerprint density at radius 3 is 1.41 bits per heavy atom. The summed E-state index contributed by atoms with van der Waals surface area (Å²) in [7, 11) is 0. The fourth-order valence-electron chi connectivity index (χ4n) is 3.55. The molecule has 0 radical (unpaired) electrons. The van der Waals surface area contributed by atoms with Crippen LogP contribution in [0.25, 0.3) is 0 Å². The van der Waals surface area contributed by atoms with Crippen LogP contribution in [-0.2, 0) is 23.9 Å². The highest BCUT2D eigenvalue weighted by atomic mass is 16.6. The number of carbonyl (C=O) groups excluding carboxylic acids is 4. The molecule has 164 valence electrons. The number of rotatable bonds is 8. The van der Waals surface area contributed by atoms with Gasteiger partial charge in [0, 0.05) is 0 Å². The maximum Gasteiger partial charge on any atom is 0.336 e. The van der Waals surface area contributed by atoms with Crippen molar-refractivity contribution in [3.63, 3.8) is 0 Å². The Morgan fingerprint density at radius 1 is 0.759 bits per heavy atom. The molecule has 4 atom stereocenters. The van der Waals surface area contributed by atoms with E-state index in [1.54, 1.807) is 27.7 Å². The second kappa shape index (κ2) is 10.7. The molecule has 2 aliphatic rings. The maximum atomic E-state index is 12.6. The quantitative estimate of drug-likeness (QED) is 0.324. The van der Waals surface area contributed by atoms with Crippen molar-refractivity contribution in [3.05, 3.63) is 0 Å². The van der Waals surface area contributed by atoms with Crippen molar-refractivity contribution in [3.8, 4) is 0 Å². The van der Waals surface area contributed by atoms with Crippen molar-refractivity contribution in [2.75, 3.05) is 13.1 Å². The van der Waals surface area contributed by atoms with E-state index in [1.165, 1.54) is 0 Å². The lowest BCUT2D eigenvalue weighted by Gasteiger charge is -2.25. The predicted octanol–water partition coefficient (Wildman–Crippen LogP) is -0.158. The molecule has 2 amide bonds. The molecule has 0 spiro atoms. The highest BCUT2D eigenvalue weighted by Crippen LogP contribution is 2.12. The second-order valence-electron chi connectivity index (χ2n) is 8.50. The second-order valence-corrected chi connectivity index (χ2v) is 8.50. The molecule has 9 nitrogen and oxygen atoms in total. The van der Waals surface area contributed by atoms with Gasteiger partial charge in [-0.05, 0) is 50.6 Å². The van der Waals surface area contributed by atoms with Gasteiger partial charge in [0.25, 0.3) is 0 Å². The van der Waals surface area contributed by atoms with Gasteiger partial charge in [-0.3, -0.25) is 9.59 Å². The fourth-order valence-corrected chi connectivity index (χ4v) is 3.55. The minimum absolute atomic E-state index is 0.254. The summed E-state index contributed by atoms with van der Waals surface area (Å²) < 4.78 is 5.08. The third-order valence-corrected chi connectivity index (χ3v) is 5.39. The number of hydrogen-bond acceptors (Lipinski definition) is 7. The van der Waals surface area contributed by atoms with E-state index in [2.05, 4.69) is 21.3 Å². The Morgan fingerprint density at radius 2 is 1.14 bits per heavy atom. The van der Waals surface area contributed by atoms with Crippen LogP contribution in [0.4, 0.5) is 0 Å². The van der Waals surface area contributed by atoms with Gasteiger partial charge < -0.3 is 26.0 Å². The number of carbonyl (C=O) groups is 4. The molecule has 2 saturated heterocycles. The van der Waals surface area contributed by atoms with Crippen molar-refractivity contribution in [1.29, 1.82) is 0 Å². The number of nitrogens with one attached hydrogen (secondary N) is 4. The molecule has 9 heteroatoms. The van der Waals surface area contributed by atoms with E-state index in [9.17, 15) is 19.2 Å². The van der Waals surface area contributed by atoms with Crippen LogP contribution >= 0.6 is 0 Å². The molecular formula is C20H34N4O5. The Bertz CT molecular complexity index is 558. The molecule has 0 aromatic carbocycles. The number of esters is 2. The third-order valence-electron chi connectivity index (χ3n) is 5.39. The Labute approximate surface area is 172 Å². The summed E-state index contributed by atoms with van der Waals surface area (Å²) in [5.74, 6) is -2.67. The average Bonchev–Trinajstić information content (AvgIpc) is 3.36. The predicted molar refractivity (Wildman–Crippen MR) is 107 cm³/mol. The number of hydrogen-bond donors (Lipinski definition) is 4. The van der Waals surface area contributed by atoms with E-state index in [0.29, 0.717) is 12.8 Å². The summed E-state index contributed by atoms with van der Waals surface area (Å²) >= 11 is 0. The topological polar surface area (TPSA) is 126 Å². The monoisotopic (exact) mass is 410 g/mol. The molecule has 0 aromatic rings. The van der Waals surface area contributed by atoms with Gasteiger partial charge in [-0.2, -0.15) is 0 Å². The number of ether oxygens (including phenoxy) is 1. The van der Waals surface area contributed by atoms with Crippen LogP contribution in [0.15, 0.2) is 0 Å². The van der Waals surface area contributed by atoms with Crippen LogP contribution in [-0.4, -0.2) is 61.0 Å². The summed E-state index contributed by atoms with van der Waals surface area (Å²) in [6, 6.07) is -2.54. The van der Waals surface area contributed by atoms with Crippen molar-refractivity contribution in [1.82, 2.24) is 21.3 Å². The first-order chi connectivity index (χ1) is 13.7. The van der Waals surface area contributed by atoms with Gasteiger partial charge in [-0.15, -0.1) is 0 Å². The van der Waals surface area contributed by atoms with E-state index in [0.717, 1.165) is 25.9 Å². The summed E-state index contributed by atoms with van der Waals surface area (Å²) in [6.45, 7) is 8.61. The smallest absolute Gasteiger partial charge is 0.336 e. The minimum atomic E-state index is -0.936. The molecule has 0 saturated carbocycles. The largest absolute Gasteiger partial charge is 0.390 e. The normalized spacial score (nSPS) is 23.7. The van der Waals surface area contributed by atoms with Gasteiger partial charge in [-0.1, -0.05) is 27.7 Å². The van der Waals surface area contributed by atoms with Crippen molar-refractivity contribution in [2.24, 2.45) is 11.8 Å². The SMILES string of the molecule is CC(C)[C@H](NC(=O)[C@@H]1CCCN1)C(=O)OC(=O)[C@@H](NC(=O)[C@@H]1CCCN1)C(C)C. The lowest BCUT2D eigenvalue weighted by molar-refractivity contribution is -0.165. The van der Waals surface area contributed by atoms with Gasteiger partial charge in [0.2, 0.25) is 11.8 Å². The number of amides is 2. The van der Waals surface area contributed by atoms with Crippen LogP contribution < -0.4 is 21.3 Å². The summed E-state index contributed by atoms with van der Waals surface area (Å²) in [5, 5.41) is 11.5. The first-order valence-corrected chi connectivity index (χ1v) is 10.5. The van der Waals surface area contributed by atoms with Crippen LogP contribution in [0.2, 0.25) is 0 Å². The molecule has 0 bridgehead atoms. The van der Waals surface area contributed by atoms with E-state index in [-0.39, 0.29) is 35.7 Å². The standard InChI is InChI=1S/C20H34N4O5/c1-11(2)15(23-17(25)13-7-5-9-21-13)19(27)29-20(28)16(12(3)4)24-18(26)14-8-6-10-22-14/h11-16,21-22H,5-10H2,1-4H3,(H,23,25)(H,24,26)/t13-,14-,15-,16-/m0/s1. The average molecular weight is 411 g/mol. The van der Waals surface area contributed by atoms with Crippen LogP contribution in [0.5, 0.6) is 0 Å². The molecule has 0 aliphatic carbocycles. The van der Waals surface area contributed by atoms with E-state index in [1.807, 2.05) is 0 Å². The molecular weight excluding hydrogens is 376 g/mol. The van der Waals surface area contributed by atoms with Crippen molar-refractivity contribution < 1.29 is 23.9 Å². The van der Waals surface area contributed by atoms with Gasteiger partial charge >= 0.3 is 11.9 Å². The van der Waals surface area contributed by atoms with E-state index < -0.39 is 24.0 Å². The Kier molecular flexibility index (Phi) is 8.58. The highest BCUT2D eigenvalue weighted by molar-refractivity contribution is 5.96. The first-order valence-electron chi connectivity index (χ1n) is 10.5. The maximum absolute atomic E-state index is 12.6. The first kappa shape index (κ1) is 23.3. The van der Waals surface area contributed by atoms with Crippen molar-refractivity contribution >= 4 is 23.8 Å². The van der Waals surface area contributed by atoms with Gasteiger partial charge in [0.1, 0.15) is 12.1 Å². The summed E-state index contributed by atoms with van der Waals surface area (Å²) in [4.78, 5) is 49.9. The third kappa shape index (κ3) is 6.50. The minimum Gasteiger partial charge on any atom is -0.390 e. The zero-order chi connectivity index (χ0) is 21.6. The fraction of sp³-hybridized carbons (Fsp3) is 0.800. The Balaban J connectivity index is 1.96. The molecule has 2 heterocycles. The van der Waals surface area contributed by atoms with E-state index >= 15 is 0 Å². The van der Waals surface area contributed by atoms with Gasteiger partial charge in [0.05, 0.1) is 12.1 Å². The molecule has 0 unspecified atom stereocenters. The molecule has 0 aromatic heterocycles. The van der Waals surface area contributed by atoms with Gasteiger partial charge in [0.15, 0.2) is 0 Å². The van der Waals surface area contributed by atoms with Crippen LogP contribution in [0, 0.1) is 11.8 Å². The van der Waals surface area contributed by atoms with Gasteiger partial charge in [-0.25, -0.2) is 9.59 Å². The molecule has 29 heavy (non-hydrogen) atoms. The van der Waals surface area contributed by atoms with Crippen LogP contribution in [0.1, 0.15) is 53.4 Å². The molecule has 4 N–H and O–H groups in total. The lowest BCUT2D eigenvalue weighted by Crippen LogP contribution is -2.54.